The average molecular weight is 448 g/mol. The Kier molecular flexibility index (Phi) is 8.85. The Labute approximate surface area is 196 Å². The number of Topliss-reactive ketones (excluding diaryl/α,β-unsaturated/α-hetero) is 1. The first kappa shape index (κ1) is 25.7. The molecule has 3 aliphatic rings. The van der Waals surface area contributed by atoms with Gasteiger partial charge in [0, 0.05) is 31.3 Å². The highest BCUT2D eigenvalue weighted by Gasteiger charge is 2.56. The number of aliphatic carboxylic acids is 1. The molecule has 32 heavy (non-hydrogen) atoms. The van der Waals surface area contributed by atoms with Gasteiger partial charge in [0.25, 0.3) is 0 Å². The van der Waals surface area contributed by atoms with Gasteiger partial charge in [0.05, 0.1) is 0 Å². The van der Waals surface area contributed by atoms with E-state index in [0.29, 0.717) is 47.5 Å². The standard InChI is InChI=1S/C28H49NO3/c1-6-20(19(4)10-13-27(31)32)11-12-21-8-7-9-24-23(21)17-26(29-18(2)3)25-16-22(30)14-15-28(24,25)5/h18-21,23-26,29H,6-17H2,1-5H3,(H,31,32)/t19-,20-,21+,23+,24+,25+,26?,28-/m1/s1. The quantitative estimate of drug-likeness (QED) is 0.403. The molecule has 0 bridgehead atoms. The van der Waals surface area contributed by atoms with E-state index in [1.54, 1.807) is 0 Å². The van der Waals surface area contributed by atoms with Crippen molar-refractivity contribution in [3.63, 3.8) is 0 Å². The number of rotatable bonds is 10. The second kappa shape index (κ2) is 11.0. The van der Waals surface area contributed by atoms with Crippen molar-refractivity contribution in [1.29, 1.82) is 0 Å². The van der Waals surface area contributed by atoms with Crippen LogP contribution in [0.1, 0.15) is 112 Å². The van der Waals surface area contributed by atoms with Crippen molar-refractivity contribution >= 4 is 11.8 Å². The molecule has 0 radical (unpaired) electrons. The molecule has 0 aliphatic heterocycles. The first-order chi connectivity index (χ1) is 15.2. The van der Waals surface area contributed by atoms with Crippen LogP contribution in [0.5, 0.6) is 0 Å². The minimum atomic E-state index is -0.665. The molecule has 1 unspecified atom stereocenters. The van der Waals surface area contributed by atoms with Crippen molar-refractivity contribution < 1.29 is 14.7 Å². The number of hydrogen-bond acceptors (Lipinski definition) is 3. The van der Waals surface area contributed by atoms with Gasteiger partial charge in [-0.25, -0.2) is 0 Å². The minimum absolute atomic E-state index is 0.298. The van der Waals surface area contributed by atoms with E-state index in [0.717, 1.165) is 49.9 Å². The van der Waals surface area contributed by atoms with Crippen LogP contribution >= 0.6 is 0 Å². The Balaban J connectivity index is 1.71. The molecule has 0 aromatic carbocycles. The Morgan fingerprint density at radius 2 is 1.94 bits per heavy atom. The fraction of sp³-hybridized carbons (Fsp3) is 0.929. The highest BCUT2D eigenvalue weighted by Crippen LogP contribution is 2.60. The van der Waals surface area contributed by atoms with Crippen LogP contribution in [0.3, 0.4) is 0 Å². The molecule has 2 N–H and O–H groups in total. The van der Waals surface area contributed by atoms with Gasteiger partial charge in [0.15, 0.2) is 0 Å². The highest BCUT2D eigenvalue weighted by molar-refractivity contribution is 5.79. The lowest BCUT2D eigenvalue weighted by Crippen LogP contribution is -2.59. The molecule has 3 aliphatic carbocycles. The zero-order valence-corrected chi connectivity index (χ0v) is 21.4. The molecule has 0 aromatic heterocycles. The predicted octanol–water partition coefficient (Wildman–Crippen LogP) is 6.47. The summed E-state index contributed by atoms with van der Waals surface area (Å²) in [5.41, 5.74) is 0.307. The van der Waals surface area contributed by atoms with Gasteiger partial charge in [-0.15, -0.1) is 0 Å². The van der Waals surface area contributed by atoms with Crippen LogP contribution < -0.4 is 5.32 Å². The van der Waals surface area contributed by atoms with Crippen LogP contribution in [0, 0.1) is 40.9 Å². The van der Waals surface area contributed by atoms with E-state index in [1.807, 2.05) is 0 Å². The van der Waals surface area contributed by atoms with Crippen molar-refractivity contribution in [2.75, 3.05) is 0 Å². The Bertz CT molecular complexity index is 647. The van der Waals surface area contributed by atoms with E-state index in [9.17, 15) is 9.59 Å². The number of carboxylic acids is 1. The van der Waals surface area contributed by atoms with E-state index in [4.69, 9.17) is 5.11 Å². The largest absolute Gasteiger partial charge is 0.481 e. The van der Waals surface area contributed by atoms with Crippen molar-refractivity contribution in [1.82, 2.24) is 5.32 Å². The van der Waals surface area contributed by atoms with Gasteiger partial charge in [0.1, 0.15) is 5.78 Å². The van der Waals surface area contributed by atoms with Gasteiger partial charge in [-0.05, 0) is 79.4 Å². The van der Waals surface area contributed by atoms with Crippen molar-refractivity contribution in [2.24, 2.45) is 40.9 Å². The van der Waals surface area contributed by atoms with Gasteiger partial charge < -0.3 is 10.4 Å². The lowest BCUT2D eigenvalue weighted by atomic mass is 9.46. The number of carbonyl (C=O) groups excluding carboxylic acids is 1. The number of hydrogen-bond donors (Lipinski definition) is 2. The molecular weight excluding hydrogens is 398 g/mol. The molecule has 4 nitrogen and oxygen atoms in total. The summed E-state index contributed by atoms with van der Waals surface area (Å²) in [5, 5.41) is 13.0. The maximum absolute atomic E-state index is 12.4. The monoisotopic (exact) mass is 447 g/mol. The Morgan fingerprint density at radius 3 is 2.59 bits per heavy atom. The molecule has 0 saturated heterocycles. The van der Waals surface area contributed by atoms with E-state index in [2.05, 4.69) is 39.9 Å². The maximum atomic E-state index is 12.4. The summed E-state index contributed by atoms with van der Waals surface area (Å²) in [6.07, 6.45) is 12.7. The molecule has 184 valence electrons. The van der Waals surface area contributed by atoms with E-state index in [-0.39, 0.29) is 0 Å². The maximum Gasteiger partial charge on any atom is 0.303 e. The molecule has 3 rings (SSSR count). The first-order valence-electron chi connectivity index (χ1n) is 13.6. The SMILES string of the molecule is CC[C@H](CC[C@@H]1CCC[C@H]2[C@H]1CC(NC(C)C)[C@@H]1CC(=O)CC[C@@]12C)[C@H](C)CCC(=O)O. The lowest BCUT2D eigenvalue weighted by Gasteiger charge is -2.60. The zero-order valence-electron chi connectivity index (χ0n) is 21.4. The van der Waals surface area contributed by atoms with Gasteiger partial charge >= 0.3 is 5.97 Å². The summed E-state index contributed by atoms with van der Waals surface area (Å²) < 4.78 is 0. The summed E-state index contributed by atoms with van der Waals surface area (Å²) in [4.78, 5) is 23.4. The molecular formula is C28H49NO3. The highest BCUT2D eigenvalue weighted by atomic mass is 16.4. The van der Waals surface area contributed by atoms with Crippen LogP contribution in [0.4, 0.5) is 0 Å². The van der Waals surface area contributed by atoms with Crippen LogP contribution in [-0.4, -0.2) is 28.9 Å². The summed E-state index contributed by atoms with van der Waals surface area (Å²) in [7, 11) is 0. The predicted molar refractivity (Wildman–Crippen MR) is 131 cm³/mol. The second-order valence-electron chi connectivity index (χ2n) is 12.1. The third-order valence-corrected chi connectivity index (χ3v) is 9.91. The molecule has 3 fully saturated rings. The van der Waals surface area contributed by atoms with Crippen molar-refractivity contribution in [2.45, 2.75) is 124 Å². The van der Waals surface area contributed by atoms with Crippen molar-refractivity contribution in [3.8, 4) is 0 Å². The molecule has 0 amide bonds. The van der Waals surface area contributed by atoms with Gasteiger partial charge in [0.2, 0.25) is 0 Å². The number of ketones is 1. The summed E-state index contributed by atoms with van der Waals surface area (Å²) in [6.45, 7) is 11.6. The first-order valence-corrected chi connectivity index (χ1v) is 13.6. The normalized spacial score (nSPS) is 36.9. The molecule has 3 saturated carbocycles. The third kappa shape index (κ3) is 5.77. The number of carbonyl (C=O) groups is 2. The van der Waals surface area contributed by atoms with Gasteiger partial charge in [-0.3, -0.25) is 9.59 Å². The second-order valence-corrected chi connectivity index (χ2v) is 12.1. The molecule has 4 heteroatoms. The average Bonchev–Trinajstić information content (AvgIpc) is 2.73. The summed E-state index contributed by atoms with van der Waals surface area (Å²) >= 11 is 0. The van der Waals surface area contributed by atoms with Crippen LogP contribution in [0.2, 0.25) is 0 Å². The molecule has 0 heterocycles. The third-order valence-electron chi connectivity index (χ3n) is 9.91. The fourth-order valence-corrected chi connectivity index (χ4v) is 8.10. The van der Waals surface area contributed by atoms with Gasteiger partial charge in [-0.1, -0.05) is 53.9 Å². The summed E-state index contributed by atoms with van der Waals surface area (Å²) in [5.74, 6) is 3.79. The molecule has 0 aromatic rings. The Hall–Kier alpha value is -0.900. The van der Waals surface area contributed by atoms with Gasteiger partial charge in [-0.2, -0.15) is 0 Å². The lowest BCUT2D eigenvalue weighted by molar-refractivity contribution is -0.138. The van der Waals surface area contributed by atoms with E-state index in [1.165, 1.54) is 38.5 Å². The van der Waals surface area contributed by atoms with Crippen LogP contribution in [0.15, 0.2) is 0 Å². The van der Waals surface area contributed by atoms with E-state index < -0.39 is 5.97 Å². The summed E-state index contributed by atoms with van der Waals surface area (Å²) in [6, 6.07) is 0.932. The smallest absolute Gasteiger partial charge is 0.303 e. The van der Waals surface area contributed by atoms with Crippen LogP contribution in [-0.2, 0) is 9.59 Å². The van der Waals surface area contributed by atoms with Crippen molar-refractivity contribution in [3.05, 3.63) is 0 Å². The van der Waals surface area contributed by atoms with E-state index >= 15 is 0 Å². The number of nitrogens with one attached hydrogen (secondary N) is 1. The Morgan fingerprint density at radius 1 is 1.19 bits per heavy atom. The zero-order chi connectivity index (χ0) is 23.5. The molecule has 8 atom stereocenters. The fourth-order valence-electron chi connectivity index (χ4n) is 8.10. The number of carboxylic acid groups (broad SMARTS) is 1. The number of fused-ring (bicyclic) bond motifs is 3. The topological polar surface area (TPSA) is 66.4 Å². The molecule has 0 spiro atoms. The minimum Gasteiger partial charge on any atom is -0.481 e. The van der Waals surface area contributed by atoms with Crippen LogP contribution in [0.25, 0.3) is 0 Å².